The highest BCUT2D eigenvalue weighted by Crippen LogP contribution is 2.13. The van der Waals surface area contributed by atoms with E-state index >= 15 is 0 Å². The Morgan fingerprint density at radius 3 is 2.33 bits per heavy atom. The van der Waals surface area contributed by atoms with Crippen LogP contribution in [0, 0.1) is 5.92 Å². The van der Waals surface area contributed by atoms with Crippen LogP contribution in [0.5, 0.6) is 0 Å². The van der Waals surface area contributed by atoms with E-state index in [4.69, 9.17) is 0 Å². The average molecular weight is 205 g/mol. The fourth-order valence-corrected chi connectivity index (χ4v) is 1.36. The molecule has 1 N–H and O–H groups in total. The number of nitrogens with one attached hydrogen (secondary N) is 1. The van der Waals surface area contributed by atoms with E-state index in [0.29, 0.717) is 12.5 Å². The molecule has 0 aliphatic rings. The Hall–Kier alpha value is -1.31. The molecule has 0 heterocycles. The second-order valence-electron chi connectivity index (χ2n) is 4.21. The molecule has 0 radical (unpaired) electrons. The first-order valence-corrected chi connectivity index (χ1v) is 5.44. The van der Waals surface area contributed by atoms with Gasteiger partial charge in [0.2, 0.25) is 5.91 Å². The van der Waals surface area contributed by atoms with Gasteiger partial charge in [0.15, 0.2) is 0 Å². The number of benzene rings is 1. The van der Waals surface area contributed by atoms with Gasteiger partial charge in [-0.25, -0.2) is 0 Å². The molecule has 0 saturated carbocycles. The average Bonchev–Trinajstić information content (AvgIpc) is 2.26. The van der Waals surface area contributed by atoms with E-state index in [9.17, 15) is 4.79 Å². The third-order valence-corrected chi connectivity index (χ3v) is 2.48. The number of carbonyl (C=O) groups is 1. The van der Waals surface area contributed by atoms with E-state index in [1.807, 2.05) is 32.0 Å². The van der Waals surface area contributed by atoms with E-state index < -0.39 is 0 Å². The highest BCUT2D eigenvalue weighted by molar-refractivity contribution is 5.77. The van der Waals surface area contributed by atoms with Crippen molar-refractivity contribution in [1.29, 1.82) is 0 Å². The lowest BCUT2D eigenvalue weighted by Gasteiger charge is -2.14. The maximum Gasteiger partial charge on any atom is 0.222 e. The maximum absolute atomic E-state index is 11.4. The van der Waals surface area contributed by atoms with Gasteiger partial charge in [-0.15, -0.1) is 0 Å². The normalized spacial score (nSPS) is 12.5. The third-order valence-electron chi connectivity index (χ3n) is 2.48. The van der Waals surface area contributed by atoms with Crippen LogP contribution in [-0.4, -0.2) is 12.5 Å². The maximum atomic E-state index is 11.4. The van der Waals surface area contributed by atoms with Gasteiger partial charge in [-0.2, -0.15) is 0 Å². The van der Waals surface area contributed by atoms with Crippen LogP contribution in [0.3, 0.4) is 0 Å². The Morgan fingerprint density at radius 1 is 1.20 bits per heavy atom. The lowest BCUT2D eigenvalue weighted by atomic mass is 10.0. The first-order valence-electron chi connectivity index (χ1n) is 5.44. The fourth-order valence-electron chi connectivity index (χ4n) is 1.36. The molecule has 0 aliphatic heterocycles. The molecule has 0 unspecified atom stereocenters. The van der Waals surface area contributed by atoms with Gasteiger partial charge in [0, 0.05) is 12.5 Å². The van der Waals surface area contributed by atoms with Crippen molar-refractivity contribution in [3.63, 3.8) is 0 Å². The SMILES string of the molecule is CC(C)C(=O)NC[C@@H](C)c1ccccc1. The molecule has 2 nitrogen and oxygen atoms in total. The van der Waals surface area contributed by atoms with E-state index in [1.54, 1.807) is 0 Å². The Labute approximate surface area is 91.7 Å². The van der Waals surface area contributed by atoms with Crippen molar-refractivity contribution in [3.8, 4) is 0 Å². The Balaban J connectivity index is 2.44. The minimum absolute atomic E-state index is 0.0629. The highest BCUT2D eigenvalue weighted by atomic mass is 16.1. The van der Waals surface area contributed by atoms with Gasteiger partial charge in [0.05, 0.1) is 0 Å². The molecule has 1 aromatic rings. The number of hydrogen-bond acceptors (Lipinski definition) is 1. The van der Waals surface area contributed by atoms with E-state index in [0.717, 1.165) is 0 Å². The Bertz CT molecular complexity index is 306. The minimum atomic E-state index is 0.0629. The largest absolute Gasteiger partial charge is 0.355 e. The fraction of sp³-hybridized carbons (Fsp3) is 0.462. The van der Waals surface area contributed by atoms with Gasteiger partial charge < -0.3 is 5.32 Å². The van der Waals surface area contributed by atoms with Crippen LogP contribution in [-0.2, 0) is 4.79 Å². The molecule has 0 aliphatic carbocycles. The van der Waals surface area contributed by atoms with E-state index in [1.165, 1.54) is 5.56 Å². The Morgan fingerprint density at radius 2 is 1.80 bits per heavy atom. The molecule has 1 rings (SSSR count). The third kappa shape index (κ3) is 3.74. The summed E-state index contributed by atoms with van der Waals surface area (Å²) in [6.07, 6.45) is 0. The smallest absolute Gasteiger partial charge is 0.222 e. The zero-order valence-corrected chi connectivity index (χ0v) is 9.66. The van der Waals surface area contributed by atoms with Crippen molar-refractivity contribution in [2.75, 3.05) is 6.54 Å². The number of carbonyl (C=O) groups excluding carboxylic acids is 1. The van der Waals surface area contributed by atoms with Crippen molar-refractivity contribution in [1.82, 2.24) is 5.32 Å². The monoisotopic (exact) mass is 205 g/mol. The number of hydrogen-bond donors (Lipinski definition) is 1. The summed E-state index contributed by atoms with van der Waals surface area (Å²) in [4.78, 5) is 11.4. The summed E-state index contributed by atoms with van der Waals surface area (Å²) in [6, 6.07) is 10.2. The summed E-state index contributed by atoms with van der Waals surface area (Å²) in [5.74, 6) is 0.555. The zero-order chi connectivity index (χ0) is 11.3. The van der Waals surface area contributed by atoms with Crippen molar-refractivity contribution >= 4 is 5.91 Å². The van der Waals surface area contributed by atoms with Crippen LogP contribution >= 0.6 is 0 Å². The van der Waals surface area contributed by atoms with Crippen LogP contribution in [0.4, 0.5) is 0 Å². The molecule has 1 aromatic carbocycles. The summed E-state index contributed by atoms with van der Waals surface area (Å²) in [7, 11) is 0. The van der Waals surface area contributed by atoms with Crippen LogP contribution in [0.25, 0.3) is 0 Å². The van der Waals surface area contributed by atoms with Crippen LogP contribution in [0.15, 0.2) is 30.3 Å². The molecule has 0 fully saturated rings. The second-order valence-corrected chi connectivity index (χ2v) is 4.21. The van der Waals surface area contributed by atoms with Crippen molar-refractivity contribution in [2.24, 2.45) is 5.92 Å². The van der Waals surface area contributed by atoms with Crippen molar-refractivity contribution in [3.05, 3.63) is 35.9 Å². The summed E-state index contributed by atoms with van der Waals surface area (Å²) in [5, 5.41) is 2.94. The van der Waals surface area contributed by atoms with Crippen LogP contribution in [0.2, 0.25) is 0 Å². The summed E-state index contributed by atoms with van der Waals surface area (Å²) in [5.41, 5.74) is 1.27. The van der Waals surface area contributed by atoms with Crippen LogP contribution < -0.4 is 5.32 Å². The van der Waals surface area contributed by atoms with E-state index in [2.05, 4.69) is 24.4 Å². The quantitative estimate of drug-likeness (QED) is 0.804. The lowest BCUT2D eigenvalue weighted by Crippen LogP contribution is -2.30. The summed E-state index contributed by atoms with van der Waals surface area (Å²) < 4.78 is 0. The molecular weight excluding hydrogens is 186 g/mol. The predicted octanol–water partition coefficient (Wildman–Crippen LogP) is 2.56. The van der Waals surface area contributed by atoms with Crippen molar-refractivity contribution in [2.45, 2.75) is 26.7 Å². The molecule has 15 heavy (non-hydrogen) atoms. The lowest BCUT2D eigenvalue weighted by molar-refractivity contribution is -0.124. The highest BCUT2D eigenvalue weighted by Gasteiger charge is 2.09. The molecule has 82 valence electrons. The number of amides is 1. The molecule has 0 spiro atoms. The first kappa shape index (κ1) is 11.8. The molecule has 1 amide bonds. The Kier molecular flexibility index (Phi) is 4.35. The molecule has 0 saturated heterocycles. The van der Waals surface area contributed by atoms with E-state index in [-0.39, 0.29) is 11.8 Å². The second kappa shape index (κ2) is 5.54. The minimum Gasteiger partial charge on any atom is -0.355 e. The first-order chi connectivity index (χ1) is 7.11. The van der Waals surface area contributed by atoms with Gasteiger partial charge >= 0.3 is 0 Å². The molecule has 0 aromatic heterocycles. The van der Waals surface area contributed by atoms with Crippen LogP contribution in [0.1, 0.15) is 32.3 Å². The molecule has 2 heteroatoms. The molecule has 1 atom stereocenters. The van der Waals surface area contributed by atoms with Gasteiger partial charge in [-0.1, -0.05) is 51.1 Å². The number of rotatable bonds is 4. The topological polar surface area (TPSA) is 29.1 Å². The summed E-state index contributed by atoms with van der Waals surface area (Å²) >= 11 is 0. The van der Waals surface area contributed by atoms with Gasteiger partial charge in [-0.05, 0) is 11.5 Å². The predicted molar refractivity (Wildman–Crippen MR) is 62.7 cm³/mol. The molecular formula is C13H19NO. The van der Waals surface area contributed by atoms with Crippen molar-refractivity contribution < 1.29 is 4.79 Å². The van der Waals surface area contributed by atoms with Gasteiger partial charge in [-0.3, -0.25) is 4.79 Å². The summed E-state index contributed by atoms with van der Waals surface area (Å²) in [6.45, 7) is 6.64. The standard InChI is InChI=1S/C13H19NO/c1-10(2)13(15)14-9-11(3)12-7-5-4-6-8-12/h4-8,10-11H,9H2,1-3H3,(H,14,15)/t11-/m1/s1. The van der Waals surface area contributed by atoms with Gasteiger partial charge in [0.25, 0.3) is 0 Å². The van der Waals surface area contributed by atoms with Gasteiger partial charge in [0.1, 0.15) is 0 Å². The molecule has 0 bridgehead atoms. The zero-order valence-electron chi connectivity index (χ0n) is 9.66.